The van der Waals surface area contributed by atoms with Crippen molar-refractivity contribution in [3.63, 3.8) is 0 Å². The fourth-order valence-corrected chi connectivity index (χ4v) is 4.44. The van der Waals surface area contributed by atoms with Crippen LogP contribution < -0.4 is 5.32 Å². The number of anilines is 1. The molecule has 1 N–H and O–H groups in total. The van der Waals surface area contributed by atoms with Crippen molar-refractivity contribution < 1.29 is 19.2 Å². The van der Waals surface area contributed by atoms with Crippen molar-refractivity contribution >= 4 is 45.5 Å². The standard InChI is InChI=1S/C18H17ClN2O5S/c1-9(2)26-18(23)15-12-4-3-5-14(12)27-17(15)20-16(22)11-7-6-10(19)8-13(11)21(24)25/h6-9H,3-5H2,1-2H3,(H,20,22). The maximum absolute atomic E-state index is 12.7. The molecule has 27 heavy (non-hydrogen) atoms. The fraction of sp³-hybridized carbons (Fsp3) is 0.333. The van der Waals surface area contributed by atoms with Gasteiger partial charge in [0.25, 0.3) is 11.6 Å². The largest absolute Gasteiger partial charge is 0.459 e. The van der Waals surface area contributed by atoms with Crippen LogP contribution in [0.3, 0.4) is 0 Å². The van der Waals surface area contributed by atoms with Crippen LogP contribution in [0.15, 0.2) is 18.2 Å². The van der Waals surface area contributed by atoms with Crippen LogP contribution in [0.5, 0.6) is 0 Å². The van der Waals surface area contributed by atoms with Crippen LogP contribution in [0.2, 0.25) is 5.02 Å². The number of nitro groups is 1. The number of esters is 1. The van der Waals surface area contributed by atoms with E-state index in [2.05, 4.69) is 5.32 Å². The molecule has 1 aromatic carbocycles. The predicted octanol–water partition coefficient (Wildman–Crippen LogP) is 4.62. The molecule has 0 spiro atoms. The second kappa shape index (κ2) is 7.66. The molecule has 0 atom stereocenters. The first-order chi connectivity index (χ1) is 12.8. The first-order valence-corrected chi connectivity index (χ1v) is 9.58. The maximum Gasteiger partial charge on any atom is 0.341 e. The van der Waals surface area contributed by atoms with Gasteiger partial charge in [0.2, 0.25) is 0 Å². The zero-order chi connectivity index (χ0) is 19.7. The highest BCUT2D eigenvalue weighted by atomic mass is 35.5. The monoisotopic (exact) mass is 408 g/mol. The molecule has 1 heterocycles. The van der Waals surface area contributed by atoms with Gasteiger partial charge in [0.15, 0.2) is 0 Å². The Bertz CT molecular complexity index is 938. The number of nitrogens with one attached hydrogen (secondary N) is 1. The van der Waals surface area contributed by atoms with E-state index < -0.39 is 22.5 Å². The number of benzene rings is 1. The van der Waals surface area contributed by atoms with Crippen molar-refractivity contribution in [1.29, 1.82) is 0 Å². The Morgan fingerprint density at radius 2 is 2.07 bits per heavy atom. The molecule has 3 rings (SSSR count). The van der Waals surface area contributed by atoms with Crippen LogP contribution in [-0.2, 0) is 17.6 Å². The fourth-order valence-electron chi connectivity index (χ4n) is 3.00. The number of fused-ring (bicyclic) bond motifs is 1. The third kappa shape index (κ3) is 3.96. The molecule has 142 valence electrons. The molecule has 0 bridgehead atoms. The minimum atomic E-state index is -0.670. The summed E-state index contributed by atoms with van der Waals surface area (Å²) in [5.41, 5.74) is 0.731. The van der Waals surface area contributed by atoms with Crippen LogP contribution in [0.4, 0.5) is 10.7 Å². The van der Waals surface area contributed by atoms with Gasteiger partial charge in [-0.25, -0.2) is 4.79 Å². The zero-order valence-corrected chi connectivity index (χ0v) is 16.3. The van der Waals surface area contributed by atoms with Crippen LogP contribution in [0.25, 0.3) is 0 Å². The molecule has 1 aliphatic carbocycles. The normalized spacial score (nSPS) is 12.7. The van der Waals surface area contributed by atoms with Crippen molar-refractivity contribution in [3.05, 3.63) is 54.9 Å². The molecule has 7 nitrogen and oxygen atoms in total. The summed E-state index contributed by atoms with van der Waals surface area (Å²) in [5, 5.41) is 14.4. The van der Waals surface area contributed by atoms with E-state index in [-0.39, 0.29) is 16.7 Å². The van der Waals surface area contributed by atoms with Gasteiger partial charge in [0.1, 0.15) is 10.6 Å². The lowest BCUT2D eigenvalue weighted by molar-refractivity contribution is -0.385. The van der Waals surface area contributed by atoms with Gasteiger partial charge in [0.05, 0.1) is 16.6 Å². The van der Waals surface area contributed by atoms with Gasteiger partial charge in [-0.2, -0.15) is 0 Å². The molecule has 0 aliphatic heterocycles. The molecule has 0 saturated heterocycles. The summed E-state index contributed by atoms with van der Waals surface area (Å²) in [6.07, 6.45) is 2.22. The van der Waals surface area contributed by atoms with Crippen LogP contribution in [0.1, 0.15) is 51.4 Å². The third-order valence-corrected chi connectivity index (χ3v) is 5.54. The number of amides is 1. The molecule has 2 aromatic rings. The summed E-state index contributed by atoms with van der Waals surface area (Å²) in [6, 6.07) is 3.83. The Hall–Kier alpha value is -2.45. The molecule has 0 radical (unpaired) electrons. The number of thiophene rings is 1. The lowest BCUT2D eigenvalue weighted by Crippen LogP contribution is -2.18. The minimum absolute atomic E-state index is 0.124. The maximum atomic E-state index is 12.7. The Morgan fingerprint density at radius 3 is 2.74 bits per heavy atom. The summed E-state index contributed by atoms with van der Waals surface area (Å²) in [5.74, 6) is -1.16. The minimum Gasteiger partial charge on any atom is -0.459 e. The molecule has 0 saturated carbocycles. The average molecular weight is 409 g/mol. The van der Waals surface area contributed by atoms with Gasteiger partial charge in [-0.05, 0) is 50.8 Å². The number of nitro benzene ring substituents is 1. The molecular formula is C18H17ClN2O5S. The smallest absolute Gasteiger partial charge is 0.341 e. The quantitative estimate of drug-likeness (QED) is 0.442. The van der Waals surface area contributed by atoms with E-state index in [1.54, 1.807) is 13.8 Å². The van der Waals surface area contributed by atoms with E-state index in [4.69, 9.17) is 16.3 Å². The highest BCUT2D eigenvalue weighted by Crippen LogP contribution is 2.40. The van der Waals surface area contributed by atoms with Crippen molar-refractivity contribution in [2.24, 2.45) is 0 Å². The molecule has 1 aliphatic rings. The van der Waals surface area contributed by atoms with Crippen molar-refractivity contribution in [2.75, 3.05) is 5.32 Å². The molecule has 1 amide bonds. The summed E-state index contributed by atoms with van der Waals surface area (Å²) in [4.78, 5) is 36.8. The Kier molecular flexibility index (Phi) is 5.48. The van der Waals surface area contributed by atoms with E-state index in [1.165, 1.54) is 23.5 Å². The lowest BCUT2D eigenvalue weighted by atomic mass is 10.1. The Balaban J connectivity index is 1.96. The Labute approximate surface area is 164 Å². The number of halogens is 1. The third-order valence-electron chi connectivity index (χ3n) is 4.10. The number of hydrogen-bond acceptors (Lipinski definition) is 6. The molecule has 0 unspecified atom stereocenters. The zero-order valence-electron chi connectivity index (χ0n) is 14.7. The molecule has 9 heteroatoms. The van der Waals surface area contributed by atoms with Gasteiger partial charge < -0.3 is 10.1 Å². The van der Waals surface area contributed by atoms with E-state index in [9.17, 15) is 19.7 Å². The number of hydrogen-bond donors (Lipinski definition) is 1. The van der Waals surface area contributed by atoms with E-state index in [0.717, 1.165) is 35.8 Å². The SMILES string of the molecule is CC(C)OC(=O)c1c(NC(=O)c2ccc(Cl)cc2[N+](=O)[O-])sc2c1CCC2. The van der Waals surface area contributed by atoms with E-state index in [1.807, 2.05) is 0 Å². The number of rotatable bonds is 5. The summed E-state index contributed by atoms with van der Waals surface area (Å²) in [7, 11) is 0. The molecule has 1 aromatic heterocycles. The van der Waals surface area contributed by atoms with Gasteiger partial charge in [-0.1, -0.05) is 11.6 Å². The number of carbonyl (C=O) groups excluding carboxylic acids is 2. The Morgan fingerprint density at radius 1 is 1.33 bits per heavy atom. The topological polar surface area (TPSA) is 98.5 Å². The van der Waals surface area contributed by atoms with Gasteiger partial charge >= 0.3 is 5.97 Å². The summed E-state index contributed by atoms with van der Waals surface area (Å²) in [6.45, 7) is 3.50. The van der Waals surface area contributed by atoms with Crippen molar-refractivity contribution in [1.82, 2.24) is 0 Å². The number of ether oxygens (including phenoxy) is 1. The van der Waals surface area contributed by atoms with Crippen LogP contribution in [0, 0.1) is 10.1 Å². The van der Waals surface area contributed by atoms with Crippen LogP contribution in [-0.4, -0.2) is 22.9 Å². The summed E-state index contributed by atoms with van der Waals surface area (Å²) >= 11 is 7.11. The molecular weight excluding hydrogens is 392 g/mol. The average Bonchev–Trinajstić information content (AvgIpc) is 3.14. The second-order valence-corrected chi connectivity index (χ2v) is 7.93. The van der Waals surface area contributed by atoms with E-state index in [0.29, 0.717) is 10.6 Å². The van der Waals surface area contributed by atoms with Crippen molar-refractivity contribution in [3.8, 4) is 0 Å². The van der Waals surface area contributed by atoms with Gasteiger partial charge in [-0.15, -0.1) is 11.3 Å². The number of carbonyl (C=O) groups is 2. The second-order valence-electron chi connectivity index (χ2n) is 6.39. The predicted molar refractivity (Wildman–Crippen MR) is 103 cm³/mol. The summed E-state index contributed by atoms with van der Waals surface area (Å²) < 4.78 is 5.32. The molecule has 0 fully saturated rings. The highest BCUT2D eigenvalue weighted by Gasteiger charge is 2.30. The van der Waals surface area contributed by atoms with E-state index >= 15 is 0 Å². The lowest BCUT2D eigenvalue weighted by Gasteiger charge is -2.11. The van der Waals surface area contributed by atoms with Crippen LogP contribution >= 0.6 is 22.9 Å². The van der Waals surface area contributed by atoms with Crippen molar-refractivity contribution in [2.45, 2.75) is 39.2 Å². The number of aryl methyl sites for hydroxylation is 1. The first kappa shape index (κ1) is 19.3. The highest BCUT2D eigenvalue weighted by molar-refractivity contribution is 7.17. The number of nitrogens with zero attached hydrogens (tertiary/aromatic N) is 1. The van der Waals surface area contributed by atoms with Gasteiger partial charge in [0, 0.05) is 16.0 Å². The van der Waals surface area contributed by atoms with Gasteiger partial charge in [-0.3, -0.25) is 14.9 Å². The first-order valence-electron chi connectivity index (χ1n) is 8.38.